The van der Waals surface area contributed by atoms with Crippen LogP contribution in [0.25, 0.3) is 0 Å². The van der Waals surface area contributed by atoms with E-state index in [2.05, 4.69) is 32.0 Å². The first-order chi connectivity index (χ1) is 13.0. The Kier molecular flexibility index (Phi) is 11.8. The van der Waals surface area contributed by atoms with Crippen LogP contribution in [0.15, 0.2) is 0 Å². The number of carbonyl (C=O) groups is 2. The van der Waals surface area contributed by atoms with Gasteiger partial charge in [-0.05, 0) is 25.2 Å². The lowest BCUT2D eigenvalue weighted by atomic mass is 9.64. The highest BCUT2D eigenvalue weighted by Gasteiger charge is 2.41. The van der Waals surface area contributed by atoms with Crippen LogP contribution in [0.3, 0.4) is 0 Å². The highest BCUT2D eigenvalue weighted by Crippen LogP contribution is 2.41. The third kappa shape index (κ3) is 8.03. The second-order valence-corrected chi connectivity index (χ2v) is 8.76. The average molecular weight is 396 g/mol. The van der Waals surface area contributed by atoms with E-state index in [9.17, 15) is 9.59 Å². The highest BCUT2D eigenvalue weighted by molar-refractivity contribution is 5.88. The summed E-state index contributed by atoms with van der Waals surface area (Å²) in [5.41, 5.74) is -1.07. The predicted molar refractivity (Wildman–Crippen MR) is 114 cm³/mol. The minimum absolute atomic E-state index is 0.103. The Morgan fingerprint density at radius 2 is 1.54 bits per heavy atom. The summed E-state index contributed by atoms with van der Waals surface area (Å²) in [7, 11) is 0. The molecule has 0 fully saturated rings. The van der Waals surface area contributed by atoms with Crippen LogP contribution < -0.4 is 5.32 Å². The maximum absolute atomic E-state index is 12.5. The summed E-state index contributed by atoms with van der Waals surface area (Å²) in [6.07, 6.45) is 7.58. The molecule has 0 aliphatic rings. The summed E-state index contributed by atoms with van der Waals surface area (Å²) >= 11 is 0. The van der Waals surface area contributed by atoms with Gasteiger partial charge in [-0.3, -0.25) is 9.59 Å². The number of ether oxygens (including phenoxy) is 2. The maximum Gasteiger partial charge on any atom is 0.164 e. The fourth-order valence-electron chi connectivity index (χ4n) is 2.97. The first kappa shape index (κ1) is 26.8. The molecule has 0 heterocycles. The van der Waals surface area contributed by atoms with Gasteiger partial charge in [-0.15, -0.1) is 12.3 Å². The Morgan fingerprint density at radius 1 is 0.929 bits per heavy atom. The summed E-state index contributed by atoms with van der Waals surface area (Å²) in [5.74, 6) is 2.77. The Bertz CT molecular complexity index is 532. The van der Waals surface area contributed by atoms with Crippen molar-refractivity contribution in [2.45, 2.75) is 79.7 Å². The van der Waals surface area contributed by atoms with Crippen LogP contribution in [0.1, 0.15) is 74.1 Å². The van der Waals surface area contributed by atoms with Crippen LogP contribution in [0, 0.1) is 23.2 Å². The second kappa shape index (κ2) is 12.4. The van der Waals surface area contributed by atoms with Gasteiger partial charge in [-0.1, -0.05) is 41.5 Å². The Morgan fingerprint density at radius 3 is 2.04 bits per heavy atom. The van der Waals surface area contributed by atoms with Crippen LogP contribution in [0.5, 0.6) is 0 Å². The molecule has 0 rings (SSSR count). The molecule has 0 saturated heterocycles. The van der Waals surface area contributed by atoms with Crippen molar-refractivity contribution >= 4 is 11.6 Å². The SMILES string of the molecule is C#CCCC(=O)C(C)(CC)NCCOCCOCC(=O)C(C)(CC)C(C)(C)C. The molecule has 0 radical (unpaired) electrons. The molecular formula is C23H41NO4. The largest absolute Gasteiger partial charge is 0.378 e. The molecule has 0 amide bonds. The van der Waals surface area contributed by atoms with E-state index in [1.807, 2.05) is 27.7 Å². The van der Waals surface area contributed by atoms with Crippen LogP contribution in [-0.4, -0.2) is 50.1 Å². The smallest absolute Gasteiger partial charge is 0.164 e. The van der Waals surface area contributed by atoms with Crippen molar-refractivity contribution in [3.63, 3.8) is 0 Å². The van der Waals surface area contributed by atoms with Crippen molar-refractivity contribution in [1.82, 2.24) is 5.32 Å². The number of nitrogens with one attached hydrogen (secondary N) is 1. The summed E-state index contributed by atoms with van der Waals surface area (Å²) in [4.78, 5) is 24.8. The molecule has 0 aromatic heterocycles. The summed E-state index contributed by atoms with van der Waals surface area (Å²) in [5, 5.41) is 3.27. The van der Waals surface area contributed by atoms with Crippen molar-refractivity contribution in [1.29, 1.82) is 0 Å². The third-order valence-electron chi connectivity index (χ3n) is 6.16. The monoisotopic (exact) mass is 395 g/mol. The van der Waals surface area contributed by atoms with E-state index in [0.29, 0.717) is 45.6 Å². The minimum atomic E-state index is -0.569. The molecule has 0 aromatic rings. The van der Waals surface area contributed by atoms with Crippen LogP contribution in [-0.2, 0) is 19.1 Å². The molecule has 2 unspecified atom stereocenters. The van der Waals surface area contributed by atoms with Gasteiger partial charge in [-0.2, -0.15) is 0 Å². The van der Waals surface area contributed by atoms with Crippen LogP contribution in [0.2, 0.25) is 0 Å². The summed E-state index contributed by atoms with van der Waals surface area (Å²) in [6.45, 7) is 16.2. The van der Waals surface area contributed by atoms with Crippen molar-refractivity contribution in [2.24, 2.45) is 10.8 Å². The lowest BCUT2D eigenvalue weighted by Gasteiger charge is -2.39. The number of hydrogen-bond acceptors (Lipinski definition) is 5. The minimum Gasteiger partial charge on any atom is -0.378 e. The number of ketones is 2. The van der Waals surface area contributed by atoms with E-state index in [4.69, 9.17) is 15.9 Å². The summed E-state index contributed by atoms with van der Waals surface area (Å²) < 4.78 is 11.1. The number of rotatable bonds is 15. The maximum atomic E-state index is 12.5. The molecular weight excluding hydrogens is 354 g/mol. The molecule has 162 valence electrons. The fourth-order valence-corrected chi connectivity index (χ4v) is 2.97. The topological polar surface area (TPSA) is 64.6 Å². The molecule has 0 spiro atoms. The predicted octanol–water partition coefficient (Wildman–Crippen LogP) is 3.79. The quantitative estimate of drug-likeness (QED) is 0.338. The average Bonchev–Trinajstić information content (AvgIpc) is 2.65. The zero-order valence-corrected chi connectivity index (χ0v) is 19.1. The Labute approximate surface area is 172 Å². The van der Waals surface area contributed by atoms with Crippen LogP contribution in [0.4, 0.5) is 0 Å². The third-order valence-corrected chi connectivity index (χ3v) is 6.16. The first-order valence-corrected chi connectivity index (χ1v) is 10.4. The molecule has 1 N–H and O–H groups in total. The highest BCUT2D eigenvalue weighted by atomic mass is 16.5. The van der Waals surface area contributed by atoms with Gasteiger partial charge in [0.1, 0.15) is 6.61 Å². The number of Topliss-reactive ketones (excluding diaryl/α,β-unsaturated/α-hetero) is 2. The Hall–Kier alpha value is -1.22. The zero-order valence-electron chi connectivity index (χ0n) is 19.1. The van der Waals surface area contributed by atoms with Gasteiger partial charge in [-0.25, -0.2) is 0 Å². The van der Waals surface area contributed by atoms with Crippen molar-refractivity contribution in [3.05, 3.63) is 0 Å². The standard InChI is InChI=1S/C23H41NO4/c1-9-12-13-19(25)23(8,11-3)24-14-15-27-16-17-28-18-20(26)22(7,10-2)21(4,5)6/h1,24H,10-18H2,2-8H3. The van der Waals surface area contributed by atoms with Crippen molar-refractivity contribution in [2.75, 3.05) is 33.0 Å². The van der Waals surface area contributed by atoms with Crippen molar-refractivity contribution < 1.29 is 19.1 Å². The van der Waals surface area contributed by atoms with Gasteiger partial charge in [0.05, 0.1) is 25.4 Å². The van der Waals surface area contributed by atoms with Gasteiger partial charge in [0.2, 0.25) is 0 Å². The van der Waals surface area contributed by atoms with Gasteiger partial charge in [0, 0.05) is 24.8 Å². The van der Waals surface area contributed by atoms with Gasteiger partial charge in [0.15, 0.2) is 11.6 Å². The van der Waals surface area contributed by atoms with E-state index in [0.717, 1.165) is 6.42 Å². The van der Waals surface area contributed by atoms with Crippen molar-refractivity contribution in [3.8, 4) is 12.3 Å². The fraction of sp³-hybridized carbons (Fsp3) is 0.826. The normalized spacial score (nSPS) is 16.1. The van der Waals surface area contributed by atoms with E-state index in [-0.39, 0.29) is 23.6 Å². The number of hydrogen-bond donors (Lipinski definition) is 1. The number of carbonyl (C=O) groups excluding carboxylic acids is 2. The Balaban J connectivity index is 4.09. The zero-order chi connectivity index (χ0) is 21.8. The molecule has 0 aliphatic heterocycles. The molecule has 0 saturated carbocycles. The van der Waals surface area contributed by atoms with E-state index in [1.54, 1.807) is 0 Å². The summed E-state index contributed by atoms with van der Waals surface area (Å²) in [6, 6.07) is 0. The van der Waals surface area contributed by atoms with Crippen LogP contribution >= 0.6 is 0 Å². The molecule has 0 aromatic carbocycles. The lowest BCUT2D eigenvalue weighted by molar-refractivity contribution is -0.139. The molecule has 5 heteroatoms. The van der Waals surface area contributed by atoms with Gasteiger partial charge < -0.3 is 14.8 Å². The molecule has 5 nitrogen and oxygen atoms in total. The second-order valence-electron chi connectivity index (χ2n) is 8.76. The lowest BCUT2D eigenvalue weighted by Crippen LogP contribution is -2.50. The molecule has 2 atom stereocenters. The molecule has 0 aliphatic carbocycles. The molecule has 28 heavy (non-hydrogen) atoms. The first-order valence-electron chi connectivity index (χ1n) is 10.4. The number of terminal acetylenes is 1. The van der Waals surface area contributed by atoms with Gasteiger partial charge in [0.25, 0.3) is 0 Å². The van der Waals surface area contributed by atoms with E-state index >= 15 is 0 Å². The molecule has 0 bridgehead atoms. The van der Waals surface area contributed by atoms with Gasteiger partial charge >= 0.3 is 0 Å². The van der Waals surface area contributed by atoms with E-state index < -0.39 is 11.0 Å². The van der Waals surface area contributed by atoms with E-state index in [1.165, 1.54) is 0 Å².